The second kappa shape index (κ2) is 5.43. The summed E-state index contributed by atoms with van der Waals surface area (Å²) in [6, 6.07) is 12.5. The number of imidazole rings is 1. The van der Waals surface area contributed by atoms with E-state index in [2.05, 4.69) is 46.0 Å². The first-order chi connectivity index (χ1) is 9.75. The summed E-state index contributed by atoms with van der Waals surface area (Å²) in [6.45, 7) is 2.88. The molecule has 0 fully saturated rings. The van der Waals surface area contributed by atoms with Gasteiger partial charge < -0.3 is 9.88 Å². The molecule has 0 amide bonds. The van der Waals surface area contributed by atoms with E-state index in [0.717, 1.165) is 17.9 Å². The first-order valence-electron chi connectivity index (χ1n) is 6.79. The van der Waals surface area contributed by atoms with Crippen molar-refractivity contribution in [3.63, 3.8) is 0 Å². The summed E-state index contributed by atoms with van der Waals surface area (Å²) in [6.07, 6.45) is 3.69. The third kappa shape index (κ3) is 2.42. The van der Waals surface area contributed by atoms with Gasteiger partial charge in [0.1, 0.15) is 5.82 Å². The average molecular weight is 266 g/mol. The van der Waals surface area contributed by atoms with Crippen molar-refractivity contribution in [2.24, 2.45) is 7.05 Å². The van der Waals surface area contributed by atoms with Crippen LogP contribution in [-0.4, -0.2) is 14.5 Å². The van der Waals surface area contributed by atoms with Gasteiger partial charge in [-0.15, -0.1) is 0 Å². The highest BCUT2D eigenvalue weighted by Gasteiger charge is 2.09. The third-order valence-corrected chi connectivity index (χ3v) is 3.63. The second-order valence-electron chi connectivity index (χ2n) is 4.96. The van der Waals surface area contributed by atoms with Crippen LogP contribution in [0.4, 0.5) is 0 Å². The highest BCUT2D eigenvalue weighted by molar-refractivity contribution is 5.75. The fourth-order valence-electron chi connectivity index (χ4n) is 2.35. The van der Waals surface area contributed by atoms with E-state index < -0.39 is 0 Å². The van der Waals surface area contributed by atoms with Crippen LogP contribution in [0.3, 0.4) is 0 Å². The predicted octanol–water partition coefficient (Wildman–Crippen LogP) is 2.82. The van der Waals surface area contributed by atoms with Crippen molar-refractivity contribution in [1.29, 1.82) is 0 Å². The summed E-state index contributed by atoms with van der Waals surface area (Å²) in [5.41, 5.74) is 3.39. The number of fused-ring (bicyclic) bond motifs is 1. The lowest BCUT2D eigenvalue weighted by atomic mass is 10.1. The Morgan fingerprint density at radius 2 is 2.05 bits per heavy atom. The molecule has 4 heteroatoms. The van der Waals surface area contributed by atoms with E-state index in [9.17, 15) is 0 Å². The van der Waals surface area contributed by atoms with Gasteiger partial charge in [-0.3, -0.25) is 4.98 Å². The molecular weight excluding hydrogens is 248 g/mol. The lowest BCUT2D eigenvalue weighted by Crippen LogP contribution is -2.20. The van der Waals surface area contributed by atoms with E-state index in [0.29, 0.717) is 0 Å². The number of benzene rings is 1. The van der Waals surface area contributed by atoms with Crippen LogP contribution < -0.4 is 5.32 Å². The molecule has 0 spiro atoms. The van der Waals surface area contributed by atoms with E-state index in [1.165, 1.54) is 11.1 Å². The Labute approximate surface area is 118 Å². The molecule has 2 aromatic heterocycles. The van der Waals surface area contributed by atoms with E-state index in [-0.39, 0.29) is 6.04 Å². The predicted molar refractivity (Wildman–Crippen MR) is 80.2 cm³/mol. The van der Waals surface area contributed by atoms with Crippen molar-refractivity contribution < 1.29 is 0 Å². The van der Waals surface area contributed by atoms with Crippen LogP contribution in [0.1, 0.15) is 24.4 Å². The van der Waals surface area contributed by atoms with Crippen LogP contribution in [0.2, 0.25) is 0 Å². The maximum absolute atomic E-state index is 4.66. The second-order valence-corrected chi connectivity index (χ2v) is 4.96. The normalized spacial score (nSPS) is 12.7. The van der Waals surface area contributed by atoms with Gasteiger partial charge in [-0.1, -0.05) is 18.2 Å². The molecular formula is C16H18N4. The zero-order chi connectivity index (χ0) is 13.9. The molecule has 1 N–H and O–H groups in total. The number of aromatic nitrogens is 3. The van der Waals surface area contributed by atoms with Crippen LogP contribution in [0.25, 0.3) is 11.0 Å². The van der Waals surface area contributed by atoms with Crippen LogP contribution in [0.15, 0.2) is 48.8 Å². The van der Waals surface area contributed by atoms with E-state index >= 15 is 0 Å². The van der Waals surface area contributed by atoms with Crippen molar-refractivity contribution in [2.75, 3.05) is 0 Å². The fourth-order valence-corrected chi connectivity index (χ4v) is 2.35. The Bertz CT molecular complexity index is 703. The van der Waals surface area contributed by atoms with Gasteiger partial charge in [0.2, 0.25) is 0 Å². The van der Waals surface area contributed by atoms with Crippen molar-refractivity contribution in [1.82, 2.24) is 19.9 Å². The minimum atomic E-state index is 0.253. The molecule has 0 aliphatic heterocycles. The molecule has 0 aliphatic rings. The van der Waals surface area contributed by atoms with Gasteiger partial charge in [0, 0.05) is 25.5 Å². The van der Waals surface area contributed by atoms with Gasteiger partial charge in [0.25, 0.3) is 0 Å². The minimum Gasteiger partial charge on any atom is -0.330 e. The van der Waals surface area contributed by atoms with Crippen molar-refractivity contribution in [3.05, 3.63) is 60.2 Å². The molecule has 2 heterocycles. The zero-order valence-electron chi connectivity index (χ0n) is 11.7. The van der Waals surface area contributed by atoms with Crippen molar-refractivity contribution >= 4 is 11.0 Å². The summed E-state index contributed by atoms with van der Waals surface area (Å²) in [5.74, 6) is 1.04. The van der Waals surface area contributed by atoms with Crippen LogP contribution in [-0.2, 0) is 13.6 Å². The Kier molecular flexibility index (Phi) is 3.48. The first-order valence-corrected chi connectivity index (χ1v) is 6.79. The van der Waals surface area contributed by atoms with Gasteiger partial charge in [0.05, 0.1) is 17.6 Å². The van der Waals surface area contributed by atoms with Crippen LogP contribution in [0, 0.1) is 0 Å². The summed E-state index contributed by atoms with van der Waals surface area (Å²) in [4.78, 5) is 8.81. The Morgan fingerprint density at radius 1 is 1.20 bits per heavy atom. The number of pyridine rings is 1. The molecule has 0 aliphatic carbocycles. The van der Waals surface area contributed by atoms with Gasteiger partial charge in [-0.2, -0.15) is 0 Å². The maximum atomic E-state index is 4.66. The highest BCUT2D eigenvalue weighted by Crippen LogP contribution is 2.15. The minimum absolute atomic E-state index is 0.253. The molecule has 102 valence electrons. The first kappa shape index (κ1) is 12.8. The Hall–Kier alpha value is -2.20. The van der Waals surface area contributed by atoms with Crippen LogP contribution >= 0.6 is 0 Å². The number of para-hydroxylation sites is 2. The summed E-state index contributed by atoms with van der Waals surface area (Å²) < 4.78 is 2.14. The Balaban J connectivity index is 1.76. The van der Waals surface area contributed by atoms with Crippen LogP contribution in [0.5, 0.6) is 0 Å². The van der Waals surface area contributed by atoms with Gasteiger partial charge in [0.15, 0.2) is 0 Å². The van der Waals surface area contributed by atoms with Crippen molar-refractivity contribution in [2.45, 2.75) is 19.5 Å². The number of aryl methyl sites for hydroxylation is 1. The number of nitrogens with one attached hydrogen (secondary N) is 1. The molecule has 0 saturated heterocycles. The van der Waals surface area contributed by atoms with Gasteiger partial charge >= 0.3 is 0 Å². The molecule has 3 rings (SSSR count). The molecule has 0 bridgehead atoms. The largest absolute Gasteiger partial charge is 0.330 e. The van der Waals surface area contributed by atoms with Crippen molar-refractivity contribution in [3.8, 4) is 0 Å². The number of hydrogen-bond donors (Lipinski definition) is 1. The standard InChI is InChI=1S/C16H18N4/c1-12(13-6-5-9-17-10-13)18-11-16-19-14-7-3-4-8-15(14)20(16)2/h3-10,12,18H,11H2,1-2H3. The van der Waals surface area contributed by atoms with E-state index in [1.54, 1.807) is 6.20 Å². The highest BCUT2D eigenvalue weighted by atomic mass is 15.1. The smallest absolute Gasteiger partial charge is 0.123 e. The lowest BCUT2D eigenvalue weighted by molar-refractivity contribution is 0.550. The maximum Gasteiger partial charge on any atom is 0.123 e. The average Bonchev–Trinajstić information content (AvgIpc) is 2.83. The molecule has 1 aromatic carbocycles. The van der Waals surface area contributed by atoms with Gasteiger partial charge in [-0.25, -0.2) is 4.98 Å². The molecule has 4 nitrogen and oxygen atoms in total. The molecule has 0 radical (unpaired) electrons. The molecule has 3 aromatic rings. The quantitative estimate of drug-likeness (QED) is 0.789. The number of nitrogens with zero attached hydrogens (tertiary/aromatic N) is 3. The lowest BCUT2D eigenvalue weighted by Gasteiger charge is -2.13. The molecule has 1 atom stereocenters. The molecule has 1 unspecified atom stereocenters. The Morgan fingerprint density at radius 3 is 2.80 bits per heavy atom. The fraction of sp³-hybridized carbons (Fsp3) is 0.250. The monoisotopic (exact) mass is 266 g/mol. The third-order valence-electron chi connectivity index (χ3n) is 3.63. The zero-order valence-corrected chi connectivity index (χ0v) is 11.7. The number of rotatable bonds is 4. The summed E-state index contributed by atoms with van der Waals surface area (Å²) in [5, 5.41) is 3.49. The van der Waals surface area contributed by atoms with E-state index in [1.807, 2.05) is 30.5 Å². The summed E-state index contributed by atoms with van der Waals surface area (Å²) >= 11 is 0. The van der Waals surface area contributed by atoms with Gasteiger partial charge in [-0.05, 0) is 30.7 Å². The molecule has 0 saturated carbocycles. The summed E-state index contributed by atoms with van der Waals surface area (Å²) in [7, 11) is 2.06. The van der Waals surface area contributed by atoms with E-state index in [4.69, 9.17) is 0 Å². The number of hydrogen-bond acceptors (Lipinski definition) is 3. The SMILES string of the molecule is CC(NCc1nc2ccccc2n1C)c1cccnc1. The molecule has 20 heavy (non-hydrogen) atoms. The topological polar surface area (TPSA) is 42.7 Å².